The normalized spacial score (nSPS) is 13.2. The first kappa shape index (κ1) is 74.0. The summed E-state index contributed by atoms with van der Waals surface area (Å²) in [5, 5.41) is 0. The summed E-state index contributed by atoms with van der Waals surface area (Å²) in [5.74, 6) is -0.964. The number of rotatable bonds is 56. The van der Waals surface area contributed by atoms with Crippen LogP contribution in [0, 0.1) is 0 Å². The minimum atomic E-state index is -0.812. The monoisotopic (exact) mass is 1090 g/mol. The van der Waals surface area contributed by atoms with E-state index in [2.05, 4.69) is 179 Å². The second-order valence-corrected chi connectivity index (χ2v) is 20.5. The lowest BCUT2D eigenvalue weighted by Crippen LogP contribution is -2.30. The van der Waals surface area contributed by atoms with Gasteiger partial charge in [0.1, 0.15) is 13.2 Å². The fourth-order valence-corrected chi connectivity index (χ4v) is 8.33. The van der Waals surface area contributed by atoms with E-state index in [0.717, 1.165) is 141 Å². The molecule has 0 rings (SSSR count). The third-order valence-electron chi connectivity index (χ3n) is 13.0. The van der Waals surface area contributed by atoms with Crippen LogP contribution >= 0.6 is 0 Å². The molecule has 0 aromatic carbocycles. The van der Waals surface area contributed by atoms with Crippen LogP contribution in [-0.4, -0.2) is 37.2 Å². The Hall–Kier alpha value is -4.97. The van der Waals surface area contributed by atoms with Crippen molar-refractivity contribution in [3.63, 3.8) is 0 Å². The third-order valence-corrected chi connectivity index (χ3v) is 13.0. The lowest BCUT2D eigenvalue weighted by Gasteiger charge is -2.18. The summed E-state index contributed by atoms with van der Waals surface area (Å²) in [4.78, 5) is 38.4. The Labute approximate surface area is 486 Å². The van der Waals surface area contributed by atoms with Crippen LogP contribution in [0.3, 0.4) is 0 Å². The Kier molecular flexibility index (Phi) is 61.4. The summed E-state index contributed by atoms with van der Waals surface area (Å²) in [6, 6.07) is 0. The maximum Gasteiger partial charge on any atom is 0.306 e. The van der Waals surface area contributed by atoms with Crippen molar-refractivity contribution >= 4 is 17.9 Å². The Morgan fingerprint density at radius 3 is 0.734 bits per heavy atom. The molecule has 6 heteroatoms. The largest absolute Gasteiger partial charge is 0.462 e. The lowest BCUT2D eigenvalue weighted by molar-refractivity contribution is -0.167. The first-order valence-electron chi connectivity index (χ1n) is 32.0. The van der Waals surface area contributed by atoms with Crippen molar-refractivity contribution in [1.29, 1.82) is 0 Å². The van der Waals surface area contributed by atoms with Crippen molar-refractivity contribution in [3.8, 4) is 0 Å². The van der Waals surface area contributed by atoms with Gasteiger partial charge in [-0.15, -0.1) is 0 Å². The van der Waals surface area contributed by atoms with Gasteiger partial charge in [-0.3, -0.25) is 14.4 Å². The van der Waals surface area contributed by atoms with Gasteiger partial charge in [0.15, 0.2) is 6.10 Å². The highest BCUT2D eigenvalue weighted by atomic mass is 16.6. The molecule has 0 bridgehead atoms. The highest BCUT2D eigenvalue weighted by molar-refractivity contribution is 5.71. The Morgan fingerprint density at radius 1 is 0.253 bits per heavy atom. The SMILES string of the molecule is CC/C=C\C/C=C\C/C=C\C/C=C\C/C=C\CCCCCCCCCC(=O)OCC(COC(=O)CCCC/C=C\C/C=C\C/C=C\C/C=C\CC)OC(=O)CCCCCCCCCCCC/C=C\C/C=C\C/C=C\C/C=C\CC. The molecule has 0 aromatic rings. The number of allylic oxidation sites excluding steroid dienone is 26. The molecule has 1 atom stereocenters. The van der Waals surface area contributed by atoms with Crippen molar-refractivity contribution in [1.82, 2.24) is 0 Å². The molecule has 0 aliphatic heterocycles. The number of unbranched alkanes of at least 4 members (excludes halogenated alkanes) is 19. The zero-order chi connectivity index (χ0) is 57.1. The molecule has 79 heavy (non-hydrogen) atoms. The molecule has 0 aromatic heterocycles. The smallest absolute Gasteiger partial charge is 0.306 e. The number of carbonyl (C=O) groups is 3. The lowest BCUT2D eigenvalue weighted by atomic mass is 10.0. The van der Waals surface area contributed by atoms with Crippen LogP contribution in [0.4, 0.5) is 0 Å². The van der Waals surface area contributed by atoms with Gasteiger partial charge >= 0.3 is 17.9 Å². The van der Waals surface area contributed by atoms with E-state index < -0.39 is 6.10 Å². The van der Waals surface area contributed by atoms with Gasteiger partial charge in [0.2, 0.25) is 0 Å². The summed E-state index contributed by atoms with van der Waals surface area (Å²) in [6.07, 6.45) is 95.3. The molecule has 0 saturated heterocycles. The van der Waals surface area contributed by atoms with E-state index >= 15 is 0 Å². The molecular weight excluding hydrogens is 973 g/mol. The van der Waals surface area contributed by atoms with Crippen LogP contribution in [0.1, 0.15) is 265 Å². The molecule has 0 fully saturated rings. The first-order valence-corrected chi connectivity index (χ1v) is 32.0. The Balaban J connectivity index is 4.46. The maximum atomic E-state index is 12.9. The minimum Gasteiger partial charge on any atom is -0.462 e. The summed E-state index contributed by atoms with van der Waals surface area (Å²) in [7, 11) is 0. The number of hydrogen-bond donors (Lipinski definition) is 0. The molecule has 0 spiro atoms. The summed E-state index contributed by atoms with van der Waals surface area (Å²) < 4.78 is 16.9. The molecule has 0 aliphatic carbocycles. The van der Waals surface area contributed by atoms with Crippen molar-refractivity contribution in [2.45, 2.75) is 271 Å². The Morgan fingerprint density at radius 2 is 0.456 bits per heavy atom. The molecule has 0 N–H and O–H groups in total. The maximum absolute atomic E-state index is 12.9. The predicted octanol–water partition coefficient (Wildman–Crippen LogP) is 22.1. The topological polar surface area (TPSA) is 78.9 Å². The van der Waals surface area contributed by atoms with E-state index in [1.807, 2.05) is 0 Å². The average molecular weight is 1090 g/mol. The van der Waals surface area contributed by atoms with E-state index in [0.29, 0.717) is 25.7 Å². The van der Waals surface area contributed by atoms with Gasteiger partial charge in [0.25, 0.3) is 0 Å². The van der Waals surface area contributed by atoms with Crippen molar-refractivity contribution in [2.24, 2.45) is 0 Å². The van der Waals surface area contributed by atoms with Crippen LogP contribution in [0.25, 0.3) is 0 Å². The fraction of sp³-hybridized carbons (Fsp3) is 0.603. The van der Waals surface area contributed by atoms with Crippen LogP contribution < -0.4 is 0 Å². The molecule has 0 aliphatic rings. The summed E-state index contributed by atoms with van der Waals surface area (Å²) in [5.41, 5.74) is 0. The molecule has 1 unspecified atom stereocenters. The van der Waals surface area contributed by atoms with Crippen LogP contribution in [0.15, 0.2) is 158 Å². The average Bonchev–Trinajstić information content (AvgIpc) is 3.45. The molecule has 444 valence electrons. The molecule has 0 heterocycles. The van der Waals surface area contributed by atoms with Crippen LogP contribution in [0.2, 0.25) is 0 Å². The summed E-state index contributed by atoms with van der Waals surface area (Å²) >= 11 is 0. The highest BCUT2D eigenvalue weighted by Gasteiger charge is 2.19. The highest BCUT2D eigenvalue weighted by Crippen LogP contribution is 2.15. The zero-order valence-electron chi connectivity index (χ0n) is 50.8. The predicted molar refractivity (Wildman–Crippen MR) is 343 cm³/mol. The van der Waals surface area contributed by atoms with Crippen molar-refractivity contribution in [2.75, 3.05) is 13.2 Å². The van der Waals surface area contributed by atoms with Gasteiger partial charge in [0, 0.05) is 19.3 Å². The van der Waals surface area contributed by atoms with Gasteiger partial charge in [-0.2, -0.15) is 0 Å². The molecular formula is C73H116O6. The van der Waals surface area contributed by atoms with E-state index in [9.17, 15) is 14.4 Å². The first-order chi connectivity index (χ1) is 39.0. The number of ether oxygens (including phenoxy) is 3. The van der Waals surface area contributed by atoms with Crippen LogP contribution in [0.5, 0.6) is 0 Å². The van der Waals surface area contributed by atoms with Gasteiger partial charge in [-0.1, -0.05) is 262 Å². The summed E-state index contributed by atoms with van der Waals surface area (Å²) in [6.45, 7) is 6.25. The standard InChI is InChI=1S/C73H116O6/c1-4-7-10-13-16-19-22-25-28-30-32-34-36-38-40-42-45-48-51-54-57-60-63-66-72(75)78-69-70(68-77-71(74)65-62-59-56-53-50-47-44-27-24-21-18-15-12-9-6-3)79-73(76)67-64-61-58-55-52-49-46-43-41-39-37-35-33-31-29-26-23-20-17-14-11-8-5-2/h7-12,16-21,25-29,32-35,38,40,44,50,53,70H,4-6,13-15,22-24,30-31,36-37,39,41-43,45-49,51-52,54-69H2,1-3H3/b10-7-,11-8-,12-9-,19-16-,20-17-,21-18-,28-25-,29-26-,34-32-,35-33-,40-38-,44-27-,53-50-. The second-order valence-electron chi connectivity index (χ2n) is 20.5. The van der Waals surface area contributed by atoms with Crippen molar-refractivity contribution < 1.29 is 28.6 Å². The molecule has 6 nitrogen and oxygen atoms in total. The zero-order valence-corrected chi connectivity index (χ0v) is 50.8. The molecule has 0 radical (unpaired) electrons. The van der Waals surface area contributed by atoms with Gasteiger partial charge < -0.3 is 14.2 Å². The second kappa shape index (κ2) is 65.5. The number of hydrogen-bond acceptors (Lipinski definition) is 6. The fourth-order valence-electron chi connectivity index (χ4n) is 8.33. The van der Waals surface area contributed by atoms with Gasteiger partial charge in [0.05, 0.1) is 0 Å². The quantitative estimate of drug-likeness (QED) is 0.0261. The Bertz CT molecular complexity index is 1780. The third kappa shape index (κ3) is 63.7. The number of carbonyl (C=O) groups excluding carboxylic acids is 3. The van der Waals surface area contributed by atoms with Crippen LogP contribution in [-0.2, 0) is 28.6 Å². The molecule has 0 amide bonds. The van der Waals surface area contributed by atoms with Crippen molar-refractivity contribution in [3.05, 3.63) is 158 Å². The molecule has 0 saturated carbocycles. The van der Waals surface area contributed by atoms with E-state index in [1.165, 1.54) is 77.0 Å². The minimum absolute atomic E-state index is 0.105. The van der Waals surface area contributed by atoms with Gasteiger partial charge in [-0.05, 0) is 141 Å². The van der Waals surface area contributed by atoms with Gasteiger partial charge in [-0.25, -0.2) is 0 Å². The number of esters is 3. The van der Waals surface area contributed by atoms with E-state index in [-0.39, 0.29) is 31.1 Å². The van der Waals surface area contributed by atoms with E-state index in [1.54, 1.807) is 0 Å². The van der Waals surface area contributed by atoms with E-state index in [4.69, 9.17) is 14.2 Å².